The Morgan fingerprint density at radius 2 is 0.862 bits per heavy atom. The fourth-order valence-electron chi connectivity index (χ4n) is 10.6. The quantitative estimate of drug-likeness (QED) is 0.00912. The van der Waals surface area contributed by atoms with Crippen LogP contribution in [0.15, 0.2) is 229 Å². The first-order valence-electron chi connectivity index (χ1n) is 37.4. The molecular formula is C80H85F3N22O19S6. The topological polar surface area (TPSA) is 623 Å². The number of rotatable bonds is 13. The molecule has 3 unspecified atom stereocenters. The molecule has 10 N–H and O–H groups in total. The molecule has 130 heavy (non-hydrogen) atoms. The van der Waals surface area contributed by atoms with Crippen molar-refractivity contribution in [1.29, 1.82) is 0 Å². The first-order chi connectivity index (χ1) is 60.9. The van der Waals surface area contributed by atoms with E-state index < -0.39 is 98.2 Å². The van der Waals surface area contributed by atoms with E-state index in [0.29, 0.717) is 85.7 Å². The van der Waals surface area contributed by atoms with Crippen LogP contribution in [-0.2, 0) is 90.2 Å². The van der Waals surface area contributed by atoms with E-state index in [-0.39, 0.29) is 45.1 Å². The molecule has 6 aromatic carbocycles. The first-order valence-corrected chi connectivity index (χ1v) is 45.1. The monoisotopic (exact) mass is 1910 g/mol. The van der Waals surface area contributed by atoms with Crippen molar-refractivity contribution < 1.29 is 84.7 Å². The normalized spacial score (nSPS) is 13.1. The number of carbonyl (C=O) groups excluding carboxylic acids is 1. The van der Waals surface area contributed by atoms with Gasteiger partial charge in [0.15, 0.2) is 16.4 Å². The number of benzene rings is 6. The maximum atomic E-state index is 11.9. The number of nitrogens with one attached hydrogen (secondary N) is 2. The van der Waals surface area contributed by atoms with E-state index >= 15 is 0 Å². The minimum absolute atomic E-state index is 0.00981. The van der Waals surface area contributed by atoms with E-state index in [1.807, 2.05) is 69.3 Å². The summed E-state index contributed by atoms with van der Waals surface area (Å²) in [5, 5.41) is 54.1. The zero-order valence-corrected chi connectivity index (χ0v) is 75.3. The van der Waals surface area contributed by atoms with Crippen LogP contribution in [-0.4, -0.2) is 143 Å². The number of imidazole rings is 2. The molecule has 8 aromatic heterocycles. The van der Waals surface area contributed by atoms with Crippen LogP contribution < -0.4 is 36.4 Å². The number of alkyl halides is 3. The van der Waals surface area contributed by atoms with Gasteiger partial charge in [-0.3, -0.25) is 65.1 Å². The average molecular weight is 1910 g/mol. The molecule has 0 spiro atoms. The largest absolute Gasteiger partial charge is 0.741 e. The number of nitrogens with zero attached hydrogens (tertiary/aromatic N) is 16. The van der Waals surface area contributed by atoms with E-state index in [4.69, 9.17) is 35.3 Å². The Balaban J connectivity index is 0.000000203. The molecule has 0 saturated heterocycles. The highest BCUT2D eigenvalue weighted by atomic mass is 32.2. The zero-order chi connectivity index (χ0) is 96.6. The summed E-state index contributed by atoms with van der Waals surface area (Å²) in [5.41, 5.74) is 17.8. The SMILES string of the molecule is CC(C)(C)S(=O)N=Cc1ccc2cccnc2c1[N+](=O)[O-].CC(C)(C)S(=O)N=Cc1ccc2cccnc2c1[N+](=O)[O-].CC(C)(C)S(N)=O.C[n+]1ccn(S(=O)(=O)n2ccnc2)c1.NCc1ccc2cccnc2c1N.NCc1ccc2cccnc2c1[N+](=O)[O-].O=Cc1ccc2cccnc2c1[N+](=O)[O-].O=S(=O)([O-])C(F)(F)F.O=S1(=O)NCc2ccc3cccnc3c2N1. The summed E-state index contributed by atoms with van der Waals surface area (Å²) in [6.45, 7) is 17.1. The van der Waals surface area contributed by atoms with E-state index in [2.05, 4.69) is 53.1 Å². The number of carbonyl (C=O) groups is 1. The molecule has 15 rings (SSSR count). The Morgan fingerprint density at radius 3 is 1.21 bits per heavy atom. The van der Waals surface area contributed by atoms with Crippen molar-refractivity contribution in [3.63, 3.8) is 0 Å². The summed E-state index contributed by atoms with van der Waals surface area (Å²) in [6, 6.07) is 42.4. The van der Waals surface area contributed by atoms with Gasteiger partial charge >= 0.3 is 32.8 Å². The number of nitro groups is 4. The highest BCUT2D eigenvalue weighted by Crippen LogP contribution is 2.34. The number of aromatic nitrogens is 10. The zero-order valence-electron chi connectivity index (χ0n) is 70.4. The Bertz CT molecular complexity index is 6880. The second-order valence-corrected chi connectivity index (χ2v) is 39.9. The van der Waals surface area contributed by atoms with Gasteiger partial charge < -0.3 is 21.8 Å². The van der Waals surface area contributed by atoms with Crippen molar-refractivity contribution in [3.8, 4) is 0 Å². The lowest BCUT2D eigenvalue weighted by Crippen LogP contribution is -2.34. The fraction of sp³-hybridized carbons (Fsp3) is 0.212. The number of halogens is 3. The average Bonchev–Trinajstić information content (AvgIpc) is 1.16. The van der Waals surface area contributed by atoms with Crippen molar-refractivity contribution in [1.82, 2.24) is 47.6 Å². The van der Waals surface area contributed by atoms with Gasteiger partial charge in [0.05, 0.1) is 103 Å². The fourth-order valence-corrected chi connectivity index (χ4v) is 13.7. The lowest BCUT2D eigenvalue weighted by Gasteiger charge is -2.20. The molecule has 3 atom stereocenters. The number of aryl methyl sites for hydroxylation is 1. The van der Waals surface area contributed by atoms with Crippen LogP contribution in [0.1, 0.15) is 100 Å². The predicted octanol–water partition coefficient (Wildman–Crippen LogP) is 11.5. The molecule has 0 aliphatic carbocycles. The van der Waals surface area contributed by atoms with Crippen LogP contribution in [0.3, 0.4) is 0 Å². The Kier molecular flexibility index (Phi) is 35.6. The van der Waals surface area contributed by atoms with E-state index in [9.17, 15) is 87.9 Å². The van der Waals surface area contributed by atoms with Gasteiger partial charge in [0.1, 0.15) is 62.8 Å². The van der Waals surface area contributed by atoms with Crippen molar-refractivity contribution in [3.05, 3.63) is 294 Å². The number of nitro benzene ring substituents is 4. The van der Waals surface area contributed by atoms with Crippen molar-refractivity contribution in [2.45, 2.75) is 102 Å². The summed E-state index contributed by atoms with van der Waals surface area (Å²) in [6.07, 6.45) is 21.1. The molecule has 0 radical (unpaired) electrons. The van der Waals surface area contributed by atoms with Crippen LogP contribution in [0.4, 0.5) is 47.3 Å². The molecule has 50 heteroatoms. The molecule has 686 valence electrons. The third-order valence-electron chi connectivity index (χ3n) is 17.2. The van der Waals surface area contributed by atoms with Crippen molar-refractivity contribution >= 4 is 182 Å². The van der Waals surface area contributed by atoms with Gasteiger partial charge in [-0.15, -0.1) is 3.97 Å². The van der Waals surface area contributed by atoms with Gasteiger partial charge in [-0.25, -0.2) is 50.5 Å². The maximum Gasteiger partial charge on any atom is 0.485 e. The third-order valence-corrected chi connectivity index (χ3v) is 24.1. The lowest BCUT2D eigenvalue weighted by atomic mass is 10.1. The summed E-state index contributed by atoms with van der Waals surface area (Å²) in [7, 11) is -15.4. The number of pyridine rings is 6. The van der Waals surface area contributed by atoms with Gasteiger partial charge in [-0.1, -0.05) is 91.0 Å². The van der Waals surface area contributed by atoms with Crippen LogP contribution in [0.25, 0.3) is 65.4 Å². The molecule has 0 fully saturated rings. The molecule has 9 heterocycles. The smallest absolute Gasteiger partial charge is 0.485 e. The van der Waals surface area contributed by atoms with Crippen LogP contribution in [0.5, 0.6) is 0 Å². The number of aldehydes is 1. The standard InChI is InChI=1S/2C14H15N3O3S.C10H9N3O2S.C10H9N3O2.C10H11N3.C10H6N2O3.C7H9N4O2S.C4H11NOS.CHF3O3S/c2*1-14(2,3)21(20)16-9-11-7-6-10-5-4-8-15-12(10)13(11)17(18)19;14-16(15)12-6-8-4-3-7-2-1-5-11-9(7)10(8)13-16;11-6-8-4-3-7-2-1-5-12-9(7)10(8)13(14)15;11-6-8-4-3-7-2-1-5-13-10(7)9(8)12;13-6-8-4-3-7-2-1-5-11-9(7)10(8)12(14)15;1-9-4-5-11(7-9)14(12,13)10-3-2-8-6-10;1-4(2,3)7(5)6;2-1(3,4)8(5,6)7/h2*4-9H,1-3H3;1-5,12-13H,6H2;1-5H,6,11H2;1-5H,6,11-12H2;1-6H;2-7H,1H3;5H2,1-3H3;(H,5,6,7)/q;;;;;;+1;;/p-1. The Hall–Kier alpha value is -13.7. The molecule has 41 nitrogen and oxygen atoms in total. The number of hydrogen-bond donors (Lipinski definition) is 6. The van der Waals surface area contributed by atoms with Gasteiger partial charge in [0.25, 0.3) is 22.2 Å². The lowest BCUT2D eigenvalue weighted by molar-refractivity contribution is -0.670. The molecule has 0 saturated carbocycles. The van der Waals surface area contributed by atoms with Gasteiger partial charge in [0, 0.05) is 107 Å². The maximum absolute atomic E-state index is 11.9. The number of nitrogens with two attached hydrogens (primary N) is 4. The highest BCUT2D eigenvalue weighted by molar-refractivity contribution is 7.91. The van der Waals surface area contributed by atoms with Crippen molar-refractivity contribution in [2.24, 2.45) is 32.4 Å². The van der Waals surface area contributed by atoms with Crippen LogP contribution in [0, 0.1) is 40.5 Å². The summed E-state index contributed by atoms with van der Waals surface area (Å²) in [4.78, 5) is 81.1. The Morgan fingerprint density at radius 1 is 0.515 bits per heavy atom. The van der Waals surface area contributed by atoms with Gasteiger partial charge in [-0.05, 0) is 128 Å². The molecular weight excluding hydrogens is 1820 g/mol. The molecule has 14 aromatic rings. The van der Waals surface area contributed by atoms with E-state index in [1.54, 1.807) is 163 Å². The van der Waals surface area contributed by atoms with Crippen molar-refractivity contribution in [2.75, 3.05) is 10.5 Å². The molecule has 0 bridgehead atoms. The summed E-state index contributed by atoms with van der Waals surface area (Å²) >= 11 is 0. The first kappa shape index (κ1) is 103. The second kappa shape index (κ2) is 44.8. The van der Waals surface area contributed by atoms with Crippen LogP contribution >= 0.6 is 0 Å². The van der Waals surface area contributed by atoms with E-state index in [1.165, 1.54) is 74.5 Å². The molecule has 1 aliphatic rings. The minimum Gasteiger partial charge on any atom is -0.741 e. The second-order valence-electron chi connectivity index (χ2n) is 29.6. The number of hydrogen-bond acceptors (Lipinski definition) is 29. The highest BCUT2D eigenvalue weighted by Gasteiger charge is 2.37. The van der Waals surface area contributed by atoms with Gasteiger partial charge in [-0.2, -0.15) is 47.5 Å². The number of fused-ring (bicyclic) bond motifs is 8. The number of anilines is 2. The third kappa shape index (κ3) is 28.2. The molecule has 0 amide bonds. The summed E-state index contributed by atoms with van der Waals surface area (Å²) in [5.74, 6) is 0. The van der Waals surface area contributed by atoms with Crippen LogP contribution in [0.2, 0.25) is 0 Å². The number of nitrogen functional groups attached to an aromatic ring is 1. The summed E-state index contributed by atoms with van der Waals surface area (Å²) < 4.78 is 155. The predicted molar refractivity (Wildman–Crippen MR) is 488 cm³/mol. The molecule has 1 aliphatic heterocycles. The Labute approximate surface area is 748 Å². The van der Waals surface area contributed by atoms with E-state index in [0.717, 1.165) is 40.7 Å². The van der Waals surface area contributed by atoms with Gasteiger partial charge in [0.2, 0.25) is 0 Å². The minimum atomic E-state index is -6.09.